The van der Waals surface area contributed by atoms with E-state index >= 15 is 0 Å². The van der Waals surface area contributed by atoms with Gasteiger partial charge >= 0.3 is 13.2 Å². The summed E-state index contributed by atoms with van der Waals surface area (Å²) in [6.07, 6.45) is 3.33. The van der Waals surface area contributed by atoms with Crippen LogP contribution in [0.4, 0.5) is 4.79 Å². The van der Waals surface area contributed by atoms with Crippen LogP contribution < -0.4 is 10.2 Å². The Labute approximate surface area is 197 Å². The first-order chi connectivity index (χ1) is 14.7. The summed E-state index contributed by atoms with van der Waals surface area (Å²) < 4.78 is 23.5. The molecule has 2 aliphatic rings. The molecule has 2 fully saturated rings. The quantitative estimate of drug-likeness (QED) is 0.586. The summed E-state index contributed by atoms with van der Waals surface area (Å²) in [6, 6.07) is 3.81. The van der Waals surface area contributed by atoms with Gasteiger partial charge in [0.2, 0.25) is 0 Å². The lowest BCUT2D eigenvalue weighted by Gasteiger charge is -2.32. The molecular formula is C24H35BClNO5. The van der Waals surface area contributed by atoms with Crippen molar-refractivity contribution >= 4 is 36.4 Å². The van der Waals surface area contributed by atoms with Crippen LogP contribution >= 0.6 is 11.6 Å². The molecule has 0 aliphatic carbocycles. The van der Waals surface area contributed by atoms with E-state index in [0.29, 0.717) is 23.9 Å². The Morgan fingerprint density at radius 3 is 2.19 bits per heavy atom. The van der Waals surface area contributed by atoms with Gasteiger partial charge in [-0.25, -0.2) is 4.79 Å². The second kappa shape index (κ2) is 8.92. The first-order valence-corrected chi connectivity index (χ1v) is 11.5. The van der Waals surface area contributed by atoms with Crippen LogP contribution in [-0.2, 0) is 14.0 Å². The fourth-order valence-corrected chi connectivity index (χ4v) is 3.96. The number of methoxy groups -OCH3 is 1. The van der Waals surface area contributed by atoms with Crippen LogP contribution in [0.1, 0.15) is 66.9 Å². The van der Waals surface area contributed by atoms with Gasteiger partial charge in [-0.2, -0.15) is 0 Å². The van der Waals surface area contributed by atoms with Crippen LogP contribution in [0.3, 0.4) is 0 Å². The zero-order chi connectivity index (χ0) is 23.9. The lowest BCUT2D eigenvalue weighted by atomic mass is 9.78. The Balaban J connectivity index is 1.76. The Morgan fingerprint density at radius 1 is 1.12 bits per heavy atom. The van der Waals surface area contributed by atoms with Crippen LogP contribution in [0.5, 0.6) is 5.75 Å². The van der Waals surface area contributed by atoms with Crippen molar-refractivity contribution in [1.82, 2.24) is 4.90 Å². The number of hydrogen-bond donors (Lipinski definition) is 0. The molecule has 8 heteroatoms. The van der Waals surface area contributed by atoms with Gasteiger partial charge < -0.3 is 23.7 Å². The molecule has 0 bridgehead atoms. The van der Waals surface area contributed by atoms with Crippen LogP contribution in [0.25, 0.3) is 6.08 Å². The van der Waals surface area contributed by atoms with Crippen LogP contribution in [-0.4, -0.2) is 55.1 Å². The van der Waals surface area contributed by atoms with Gasteiger partial charge in [-0.3, -0.25) is 0 Å². The summed E-state index contributed by atoms with van der Waals surface area (Å²) in [4.78, 5) is 14.1. The van der Waals surface area contributed by atoms with Crippen molar-refractivity contribution in [3.05, 3.63) is 28.3 Å². The van der Waals surface area contributed by atoms with E-state index in [2.05, 4.69) is 6.08 Å². The van der Waals surface area contributed by atoms with E-state index in [1.165, 1.54) is 5.57 Å². The maximum Gasteiger partial charge on any atom is 0.495 e. The van der Waals surface area contributed by atoms with Gasteiger partial charge in [-0.15, -0.1) is 0 Å². The highest BCUT2D eigenvalue weighted by atomic mass is 35.5. The summed E-state index contributed by atoms with van der Waals surface area (Å²) in [5.41, 5.74) is 1.52. The number of carbonyl (C=O) groups is 1. The normalized spacial score (nSPS) is 20.3. The molecule has 0 aromatic heterocycles. The molecular weight excluding hydrogens is 429 g/mol. The summed E-state index contributed by atoms with van der Waals surface area (Å²) in [5.74, 6) is 0.671. The van der Waals surface area contributed by atoms with Crippen molar-refractivity contribution in [2.75, 3.05) is 20.2 Å². The van der Waals surface area contributed by atoms with Crippen LogP contribution in [0.15, 0.2) is 17.7 Å². The van der Waals surface area contributed by atoms with Crippen LogP contribution in [0.2, 0.25) is 5.02 Å². The van der Waals surface area contributed by atoms with Gasteiger partial charge in [-0.05, 0) is 78.9 Å². The van der Waals surface area contributed by atoms with Gasteiger partial charge in [0.25, 0.3) is 0 Å². The molecule has 1 aromatic rings. The molecule has 0 atom stereocenters. The lowest BCUT2D eigenvalue weighted by Crippen LogP contribution is -2.41. The number of piperidine rings is 1. The number of carbonyl (C=O) groups excluding carboxylic acids is 1. The Kier molecular flexibility index (Phi) is 6.95. The SMILES string of the molecule is COc1cc(B2OC(C)(C)C(C)(C)O2)cc(Cl)c1C=C1CCN(C(=O)OC(C)(C)C)CC1. The molecule has 0 spiro atoms. The minimum Gasteiger partial charge on any atom is -0.496 e. The largest absolute Gasteiger partial charge is 0.496 e. The van der Waals surface area contributed by atoms with Gasteiger partial charge in [-0.1, -0.05) is 23.3 Å². The van der Waals surface area contributed by atoms with E-state index in [4.69, 9.17) is 30.4 Å². The highest BCUT2D eigenvalue weighted by Gasteiger charge is 2.51. The van der Waals surface area contributed by atoms with Gasteiger partial charge in [0, 0.05) is 18.7 Å². The summed E-state index contributed by atoms with van der Waals surface area (Å²) in [5, 5.41) is 0.580. The molecule has 2 aliphatic heterocycles. The van der Waals surface area contributed by atoms with Crippen molar-refractivity contribution in [2.24, 2.45) is 0 Å². The second-order valence-corrected chi connectivity index (χ2v) is 10.9. The molecule has 3 rings (SSSR count). The molecule has 176 valence electrons. The standard InChI is InChI=1S/C24H35BClNO5/c1-22(2,3)30-21(28)27-11-9-16(10-12-27)13-18-19(26)14-17(15-20(18)29-8)25-31-23(4,5)24(6,7)32-25/h13-15H,9-12H2,1-8H3. The number of hydrogen-bond acceptors (Lipinski definition) is 5. The minimum absolute atomic E-state index is 0.265. The fraction of sp³-hybridized carbons (Fsp3) is 0.625. The van der Waals surface area contributed by atoms with Crippen LogP contribution in [0, 0.1) is 0 Å². The first-order valence-electron chi connectivity index (χ1n) is 11.1. The van der Waals surface area contributed by atoms with E-state index in [1.807, 2.05) is 60.6 Å². The van der Waals surface area contributed by atoms with Crippen molar-refractivity contribution in [2.45, 2.75) is 78.1 Å². The molecule has 1 aromatic carbocycles. The zero-order valence-electron chi connectivity index (χ0n) is 20.5. The van der Waals surface area contributed by atoms with E-state index in [-0.39, 0.29) is 6.09 Å². The molecule has 0 saturated carbocycles. The van der Waals surface area contributed by atoms with E-state index in [1.54, 1.807) is 12.0 Å². The fourth-order valence-electron chi connectivity index (χ4n) is 3.69. The number of likely N-dealkylation sites (tertiary alicyclic amines) is 1. The number of amides is 1. The topological polar surface area (TPSA) is 57.2 Å². The smallest absolute Gasteiger partial charge is 0.495 e. The third-order valence-corrected chi connectivity index (χ3v) is 6.58. The van der Waals surface area contributed by atoms with Crippen molar-refractivity contribution in [3.8, 4) is 5.75 Å². The van der Waals surface area contributed by atoms with E-state index in [9.17, 15) is 4.79 Å². The summed E-state index contributed by atoms with van der Waals surface area (Å²) in [6.45, 7) is 15.0. The van der Waals surface area contributed by atoms with E-state index < -0.39 is 23.9 Å². The molecule has 1 amide bonds. The Hall–Kier alpha value is -1.70. The first kappa shape index (κ1) is 24.9. The number of rotatable bonds is 3. The second-order valence-electron chi connectivity index (χ2n) is 10.5. The van der Waals surface area contributed by atoms with E-state index in [0.717, 1.165) is 23.9 Å². The minimum atomic E-state index is -0.509. The highest BCUT2D eigenvalue weighted by molar-refractivity contribution is 6.62. The Morgan fingerprint density at radius 2 is 1.69 bits per heavy atom. The molecule has 0 N–H and O–H groups in total. The predicted molar refractivity (Wildman–Crippen MR) is 129 cm³/mol. The van der Waals surface area contributed by atoms with Gasteiger partial charge in [0.15, 0.2) is 0 Å². The number of nitrogens with zero attached hydrogens (tertiary/aromatic N) is 1. The molecule has 32 heavy (non-hydrogen) atoms. The maximum atomic E-state index is 12.3. The number of benzene rings is 1. The lowest BCUT2D eigenvalue weighted by molar-refractivity contribution is 0.00578. The maximum absolute atomic E-state index is 12.3. The zero-order valence-corrected chi connectivity index (χ0v) is 21.3. The predicted octanol–water partition coefficient (Wildman–Crippen LogP) is 5.06. The Bertz CT molecular complexity index is 880. The summed E-state index contributed by atoms with van der Waals surface area (Å²) >= 11 is 6.68. The van der Waals surface area contributed by atoms with Gasteiger partial charge in [0.05, 0.1) is 23.3 Å². The van der Waals surface area contributed by atoms with Crippen molar-refractivity contribution in [3.63, 3.8) is 0 Å². The van der Waals surface area contributed by atoms with Crippen molar-refractivity contribution < 1.29 is 23.6 Å². The third kappa shape index (κ3) is 5.44. The number of ether oxygens (including phenoxy) is 2. The third-order valence-electron chi connectivity index (χ3n) is 6.27. The average molecular weight is 464 g/mol. The average Bonchev–Trinajstić information content (AvgIpc) is 2.89. The molecule has 0 radical (unpaired) electrons. The molecule has 2 saturated heterocycles. The monoisotopic (exact) mass is 463 g/mol. The highest BCUT2D eigenvalue weighted by Crippen LogP contribution is 2.38. The molecule has 6 nitrogen and oxygen atoms in total. The molecule has 2 heterocycles. The van der Waals surface area contributed by atoms with Gasteiger partial charge in [0.1, 0.15) is 11.4 Å². The molecule has 0 unspecified atom stereocenters. The number of halogens is 1. The van der Waals surface area contributed by atoms with Crippen molar-refractivity contribution in [1.29, 1.82) is 0 Å². The summed E-state index contributed by atoms with van der Waals surface area (Å²) in [7, 11) is 1.12.